The Hall–Kier alpha value is -0.800. The second-order valence-electron chi connectivity index (χ2n) is 2.81. The van der Waals surface area contributed by atoms with E-state index < -0.39 is 0 Å². The molecule has 0 aliphatic heterocycles. The summed E-state index contributed by atoms with van der Waals surface area (Å²) in [6.45, 7) is 2.60. The molecule has 80 valence electrons. The molecule has 0 saturated carbocycles. The van der Waals surface area contributed by atoms with Crippen LogP contribution in [0.3, 0.4) is 0 Å². The highest BCUT2D eigenvalue weighted by Gasteiger charge is 1.93. The minimum absolute atomic E-state index is 0.542. The van der Waals surface area contributed by atoms with Gasteiger partial charge in [-0.05, 0) is 29.6 Å². The van der Waals surface area contributed by atoms with Crippen LogP contribution in [0.1, 0.15) is 12.5 Å². The highest BCUT2D eigenvalue weighted by molar-refractivity contribution is 8.22. The molecule has 0 radical (unpaired) electrons. The second-order valence-corrected chi connectivity index (χ2v) is 4.67. The minimum Gasteiger partial charge on any atom is -0.474 e. The average molecular weight is 238 g/mol. The third-order valence-corrected chi connectivity index (χ3v) is 2.78. The molecular formula is C12H14OS2. The Labute approximate surface area is 101 Å². The largest absolute Gasteiger partial charge is 0.474 e. The van der Waals surface area contributed by atoms with Crippen molar-refractivity contribution < 1.29 is 4.74 Å². The molecule has 0 atom stereocenters. The van der Waals surface area contributed by atoms with Gasteiger partial charge in [-0.3, -0.25) is 0 Å². The van der Waals surface area contributed by atoms with Gasteiger partial charge in [0.05, 0.1) is 0 Å². The number of ether oxygens (including phenoxy) is 1. The van der Waals surface area contributed by atoms with Gasteiger partial charge in [0.1, 0.15) is 6.61 Å². The molecule has 0 heterocycles. The van der Waals surface area contributed by atoms with E-state index >= 15 is 0 Å². The first-order valence-corrected chi connectivity index (χ1v) is 6.23. The van der Waals surface area contributed by atoms with Crippen LogP contribution < -0.4 is 0 Å². The van der Waals surface area contributed by atoms with Gasteiger partial charge in [0.25, 0.3) is 0 Å². The molecule has 0 spiro atoms. The lowest BCUT2D eigenvalue weighted by molar-refractivity contribution is 0.371. The molecule has 0 aliphatic carbocycles. The Morgan fingerprint density at radius 2 is 2.13 bits per heavy atom. The fraction of sp³-hybridized carbons (Fsp3) is 0.250. The quantitative estimate of drug-likeness (QED) is 0.739. The second kappa shape index (κ2) is 7.49. The molecule has 0 bridgehead atoms. The molecule has 0 saturated heterocycles. The first-order valence-electron chi connectivity index (χ1n) is 4.84. The summed E-state index contributed by atoms with van der Waals surface area (Å²) in [6.07, 6.45) is 4.00. The van der Waals surface area contributed by atoms with Crippen LogP contribution in [-0.2, 0) is 4.74 Å². The molecule has 1 aromatic carbocycles. The molecule has 0 aliphatic rings. The smallest absolute Gasteiger partial charge is 0.220 e. The van der Waals surface area contributed by atoms with Crippen LogP contribution in [0, 0.1) is 0 Å². The lowest BCUT2D eigenvalue weighted by Crippen LogP contribution is -1.96. The molecule has 0 amide bonds. The molecule has 0 fully saturated rings. The molecule has 0 unspecified atom stereocenters. The van der Waals surface area contributed by atoms with Crippen LogP contribution in [-0.4, -0.2) is 16.7 Å². The molecular weight excluding hydrogens is 224 g/mol. The van der Waals surface area contributed by atoms with Crippen LogP contribution in [0.25, 0.3) is 6.08 Å². The minimum atomic E-state index is 0.542. The van der Waals surface area contributed by atoms with Crippen molar-refractivity contribution in [2.45, 2.75) is 6.92 Å². The van der Waals surface area contributed by atoms with Gasteiger partial charge in [-0.1, -0.05) is 55.1 Å². The van der Waals surface area contributed by atoms with E-state index in [1.807, 2.05) is 30.4 Å². The zero-order valence-corrected chi connectivity index (χ0v) is 10.3. The lowest BCUT2D eigenvalue weighted by Gasteiger charge is -2.01. The normalized spacial score (nSPS) is 10.5. The summed E-state index contributed by atoms with van der Waals surface area (Å²) >= 11 is 6.54. The maximum atomic E-state index is 5.31. The molecule has 1 rings (SSSR count). The number of rotatable bonds is 4. The number of thioether (sulfide) groups is 1. The Morgan fingerprint density at radius 1 is 1.40 bits per heavy atom. The number of hydrogen-bond donors (Lipinski definition) is 0. The van der Waals surface area contributed by atoms with E-state index in [9.17, 15) is 0 Å². The summed E-state index contributed by atoms with van der Waals surface area (Å²) in [5.74, 6) is 0.960. The van der Waals surface area contributed by atoms with Crippen molar-refractivity contribution in [3.63, 3.8) is 0 Å². The first kappa shape index (κ1) is 12.3. The van der Waals surface area contributed by atoms with E-state index in [1.54, 1.807) is 11.8 Å². The summed E-state index contributed by atoms with van der Waals surface area (Å²) < 4.78 is 5.93. The van der Waals surface area contributed by atoms with Gasteiger partial charge in [0.2, 0.25) is 4.38 Å². The molecule has 0 N–H and O–H groups in total. The predicted octanol–water partition coefficient (Wildman–Crippen LogP) is 3.75. The standard InChI is InChI=1S/C12H14OS2/c1-2-15-12(14)13-10-6-9-11-7-4-3-5-8-11/h3-9H,2,10H2,1H3. The summed E-state index contributed by atoms with van der Waals surface area (Å²) in [7, 11) is 0. The summed E-state index contributed by atoms with van der Waals surface area (Å²) in [5.41, 5.74) is 1.18. The van der Waals surface area contributed by atoms with E-state index in [0.717, 1.165) is 5.75 Å². The highest BCUT2D eigenvalue weighted by atomic mass is 32.2. The summed E-state index contributed by atoms with van der Waals surface area (Å²) in [4.78, 5) is 0. The van der Waals surface area contributed by atoms with Gasteiger partial charge in [0, 0.05) is 0 Å². The molecule has 1 aromatic rings. The van der Waals surface area contributed by atoms with Crippen LogP contribution in [0.15, 0.2) is 36.4 Å². The molecule has 1 nitrogen and oxygen atoms in total. The van der Waals surface area contributed by atoms with Crippen molar-refractivity contribution in [3.05, 3.63) is 42.0 Å². The Bertz CT molecular complexity index is 320. The van der Waals surface area contributed by atoms with E-state index in [1.165, 1.54) is 5.56 Å². The van der Waals surface area contributed by atoms with Gasteiger partial charge in [0.15, 0.2) is 0 Å². The summed E-state index contributed by atoms with van der Waals surface area (Å²) in [5, 5.41) is 0. The van der Waals surface area contributed by atoms with Gasteiger partial charge >= 0.3 is 0 Å². The maximum absolute atomic E-state index is 5.31. The zero-order chi connectivity index (χ0) is 10.9. The zero-order valence-electron chi connectivity index (χ0n) is 8.68. The molecule has 3 heteroatoms. The highest BCUT2D eigenvalue weighted by Crippen LogP contribution is 2.05. The van der Waals surface area contributed by atoms with Crippen molar-refractivity contribution in [3.8, 4) is 0 Å². The van der Waals surface area contributed by atoms with Crippen molar-refractivity contribution >= 4 is 34.4 Å². The number of benzene rings is 1. The van der Waals surface area contributed by atoms with Crippen LogP contribution in [0.5, 0.6) is 0 Å². The first-order chi connectivity index (χ1) is 7.33. The van der Waals surface area contributed by atoms with E-state index in [0.29, 0.717) is 11.0 Å². The monoisotopic (exact) mass is 238 g/mol. The van der Waals surface area contributed by atoms with Crippen molar-refractivity contribution in [1.82, 2.24) is 0 Å². The van der Waals surface area contributed by atoms with Crippen molar-refractivity contribution in [2.24, 2.45) is 0 Å². The fourth-order valence-corrected chi connectivity index (χ4v) is 1.83. The summed E-state index contributed by atoms with van der Waals surface area (Å²) in [6, 6.07) is 10.1. The third kappa shape index (κ3) is 5.60. The van der Waals surface area contributed by atoms with Gasteiger partial charge in [-0.15, -0.1) is 0 Å². The topological polar surface area (TPSA) is 9.23 Å². The Morgan fingerprint density at radius 3 is 2.80 bits per heavy atom. The lowest BCUT2D eigenvalue weighted by atomic mass is 10.2. The SMILES string of the molecule is CCSC(=S)OCC=Cc1ccccc1. The van der Waals surface area contributed by atoms with Crippen LogP contribution >= 0.6 is 24.0 Å². The van der Waals surface area contributed by atoms with Crippen molar-refractivity contribution in [2.75, 3.05) is 12.4 Å². The average Bonchev–Trinajstić information content (AvgIpc) is 2.26. The Balaban J connectivity index is 2.26. The predicted molar refractivity (Wildman–Crippen MR) is 72.2 cm³/mol. The molecule has 15 heavy (non-hydrogen) atoms. The van der Waals surface area contributed by atoms with Crippen molar-refractivity contribution in [1.29, 1.82) is 0 Å². The van der Waals surface area contributed by atoms with Crippen LogP contribution in [0.4, 0.5) is 0 Å². The van der Waals surface area contributed by atoms with Gasteiger partial charge < -0.3 is 4.74 Å². The van der Waals surface area contributed by atoms with Gasteiger partial charge in [-0.2, -0.15) is 0 Å². The van der Waals surface area contributed by atoms with E-state index in [2.05, 4.69) is 19.1 Å². The van der Waals surface area contributed by atoms with E-state index in [4.69, 9.17) is 17.0 Å². The van der Waals surface area contributed by atoms with E-state index in [-0.39, 0.29) is 0 Å². The number of thiocarbonyl (C=S) groups is 1. The number of hydrogen-bond acceptors (Lipinski definition) is 3. The fourth-order valence-electron chi connectivity index (χ4n) is 1.02. The third-order valence-electron chi connectivity index (χ3n) is 1.67. The van der Waals surface area contributed by atoms with Gasteiger partial charge in [-0.25, -0.2) is 0 Å². The van der Waals surface area contributed by atoms with Crippen LogP contribution in [0.2, 0.25) is 0 Å². The molecule has 0 aromatic heterocycles. The maximum Gasteiger partial charge on any atom is 0.220 e. The Kier molecular flexibility index (Phi) is 6.12.